The number of hydrogen-bond acceptors (Lipinski definition) is 3. The minimum Gasteiger partial charge on any atom is -0.309 e. The van der Waals surface area contributed by atoms with Gasteiger partial charge >= 0.3 is 0 Å². The molecule has 0 unspecified atom stereocenters. The van der Waals surface area contributed by atoms with Crippen LogP contribution in [-0.2, 0) is 19.6 Å². The fraction of sp³-hybridized carbons (Fsp3) is 0.471. The first-order valence-corrected chi connectivity index (χ1v) is 8.21. The summed E-state index contributed by atoms with van der Waals surface area (Å²) in [6.45, 7) is 4.43. The summed E-state index contributed by atoms with van der Waals surface area (Å²) in [4.78, 5) is 4.57. The van der Waals surface area contributed by atoms with Crippen molar-refractivity contribution >= 4 is 11.6 Å². The van der Waals surface area contributed by atoms with Crippen LogP contribution >= 0.6 is 11.6 Å². The fourth-order valence-corrected chi connectivity index (χ4v) is 3.39. The van der Waals surface area contributed by atoms with Gasteiger partial charge in [-0.25, -0.2) is 4.39 Å². The van der Waals surface area contributed by atoms with E-state index in [1.54, 1.807) is 6.07 Å². The first-order valence-electron chi connectivity index (χ1n) is 7.83. The van der Waals surface area contributed by atoms with Crippen molar-refractivity contribution in [2.45, 2.75) is 19.6 Å². The highest BCUT2D eigenvalue weighted by atomic mass is 35.5. The Balaban J connectivity index is 1.78. The molecule has 0 fully saturated rings. The van der Waals surface area contributed by atoms with Crippen LogP contribution in [0.4, 0.5) is 4.39 Å². The second-order valence-corrected chi connectivity index (χ2v) is 6.96. The molecule has 1 atom stereocenters. The Kier molecular flexibility index (Phi) is 4.99. The molecule has 0 saturated carbocycles. The molecule has 0 radical (unpaired) electrons. The summed E-state index contributed by atoms with van der Waals surface area (Å²) >= 11 is 5.78. The van der Waals surface area contributed by atoms with Crippen molar-refractivity contribution in [1.82, 2.24) is 19.6 Å². The summed E-state index contributed by atoms with van der Waals surface area (Å²) in [6.07, 6.45) is 1.85. The first kappa shape index (κ1) is 16.4. The monoisotopic (exact) mass is 336 g/mol. The molecular weight excluding hydrogens is 315 g/mol. The summed E-state index contributed by atoms with van der Waals surface area (Å²) in [5, 5.41) is 4.61. The molecule has 0 amide bonds. The highest BCUT2D eigenvalue weighted by Crippen LogP contribution is 2.21. The summed E-state index contributed by atoms with van der Waals surface area (Å²) in [6, 6.07) is 7.12. The Morgan fingerprint density at radius 1 is 1.30 bits per heavy atom. The van der Waals surface area contributed by atoms with Crippen LogP contribution in [0.5, 0.6) is 0 Å². The SMILES string of the molecule is CN(C)C[C@H]1CN(Cc2ccc(Cl)c(F)c2)Cc2ccnn2C1. The minimum atomic E-state index is -0.353. The van der Waals surface area contributed by atoms with Crippen LogP contribution in [-0.4, -0.2) is 46.8 Å². The molecule has 0 spiro atoms. The lowest BCUT2D eigenvalue weighted by Crippen LogP contribution is -2.33. The molecule has 1 aliphatic rings. The number of nitrogens with zero attached hydrogens (tertiary/aromatic N) is 4. The van der Waals surface area contributed by atoms with E-state index in [9.17, 15) is 4.39 Å². The maximum absolute atomic E-state index is 13.7. The third-order valence-electron chi connectivity index (χ3n) is 4.15. The number of aromatic nitrogens is 2. The van der Waals surface area contributed by atoms with Gasteiger partial charge < -0.3 is 4.90 Å². The molecule has 3 rings (SSSR count). The van der Waals surface area contributed by atoms with Gasteiger partial charge in [-0.3, -0.25) is 9.58 Å². The fourth-order valence-electron chi connectivity index (χ4n) is 3.27. The van der Waals surface area contributed by atoms with Crippen molar-refractivity contribution in [3.63, 3.8) is 0 Å². The molecule has 2 heterocycles. The van der Waals surface area contributed by atoms with Gasteiger partial charge in [-0.1, -0.05) is 17.7 Å². The van der Waals surface area contributed by atoms with E-state index < -0.39 is 0 Å². The van der Waals surface area contributed by atoms with Gasteiger partial charge in [-0.15, -0.1) is 0 Å². The van der Waals surface area contributed by atoms with Crippen LogP contribution in [0.15, 0.2) is 30.5 Å². The highest BCUT2D eigenvalue weighted by molar-refractivity contribution is 6.30. The molecule has 2 aromatic rings. The Morgan fingerprint density at radius 2 is 2.13 bits per heavy atom. The smallest absolute Gasteiger partial charge is 0.142 e. The zero-order valence-electron chi connectivity index (χ0n) is 13.5. The molecule has 0 N–H and O–H groups in total. The molecule has 4 nitrogen and oxygen atoms in total. The third kappa shape index (κ3) is 4.10. The van der Waals surface area contributed by atoms with Crippen molar-refractivity contribution in [3.8, 4) is 0 Å². The van der Waals surface area contributed by atoms with E-state index in [0.717, 1.165) is 31.7 Å². The largest absolute Gasteiger partial charge is 0.309 e. The van der Waals surface area contributed by atoms with Gasteiger partial charge in [0.2, 0.25) is 0 Å². The van der Waals surface area contributed by atoms with E-state index in [4.69, 9.17) is 11.6 Å². The number of hydrogen-bond donors (Lipinski definition) is 0. The number of fused-ring (bicyclic) bond motifs is 1. The standard InChI is InChI=1S/C17H22ClFN4/c1-21(2)8-14-10-22(12-15-5-6-20-23(15)11-14)9-13-3-4-16(18)17(19)7-13/h3-7,14H,8-12H2,1-2H3/t14-/m0/s1. The van der Waals surface area contributed by atoms with Gasteiger partial charge in [0.25, 0.3) is 0 Å². The van der Waals surface area contributed by atoms with Crippen LogP contribution in [0.1, 0.15) is 11.3 Å². The lowest BCUT2D eigenvalue weighted by molar-refractivity contribution is 0.193. The van der Waals surface area contributed by atoms with E-state index in [1.807, 2.05) is 12.3 Å². The van der Waals surface area contributed by atoms with Crippen molar-refractivity contribution < 1.29 is 4.39 Å². The summed E-state index contributed by atoms with van der Waals surface area (Å²) in [7, 11) is 4.18. The second kappa shape index (κ2) is 6.99. The molecule has 23 heavy (non-hydrogen) atoms. The van der Waals surface area contributed by atoms with Crippen LogP contribution < -0.4 is 0 Å². The van der Waals surface area contributed by atoms with Crippen molar-refractivity contribution in [2.75, 3.05) is 27.2 Å². The van der Waals surface area contributed by atoms with Gasteiger partial charge in [0.05, 0.1) is 10.7 Å². The molecule has 0 bridgehead atoms. The normalized spacial score (nSPS) is 18.9. The maximum atomic E-state index is 13.7. The molecule has 124 valence electrons. The molecule has 0 aliphatic carbocycles. The molecular formula is C17H22ClFN4. The van der Waals surface area contributed by atoms with Crippen LogP contribution in [0.25, 0.3) is 0 Å². The van der Waals surface area contributed by atoms with E-state index in [1.165, 1.54) is 11.8 Å². The average Bonchev–Trinajstić information content (AvgIpc) is 2.82. The van der Waals surface area contributed by atoms with Gasteiger partial charge in [0, 0.05) is 44.8 Å². The second-order valence-electron chi connectivity index (χ2n) is 6.55. The van der Waals surface area contributed by atoms with Gasteiger partial charge in [0.15, 0.2) is 0 Å². The Hall–Kier alpha value is -1.43. The predicted molar refractivity (Wildman–Crippen MR) is 89.8 cm³/mol. The molecule has 1 aromatic heterocycles. The van der Waals surface area contributed by atoms with Crippen LogP contribution in [0.3, 0.4) is 0 Å². The van der Waals surface area contributed by atoms with Crippen LogP contribution in [0, 0.1) is 11.7 Å². The van der Waals surface area contributed by atoms with Gasteiger partial charge in [0.1, 0.15) is 5.82 Å². The number of benzene rings is 1. The van der Waals surface area contributed by atoms with E-state index >= 15 is 0 Å². The van der Waals surface area contributed by atoms with Crippen molar-refractivity contribution in [1.29, 1.82) is 0 Å². The lowest BCUT2D eigenvalue weighted by Gasteiger charge is -2.25. The molecule has 1 aliphatic heterocycles. The predicted octanol–water partition coefficient (Wildman–Crippen LogP) is 2.87. The Bertz CT molecular complexity index is 670. The topological polar surface area (TPSA) is 24.3 Å². The maximum Gasteiger partial charge on any atom is 0.142 e. The quantitative estimate of drug-likeness (QED) is 0.858. The zero-order valence-corrected chi connectivity index (χ0v) is 14.3. The van der Waals surface area contributed by atoms with E-state index in [-0.39, 0.29) is 10.8 Å². The molecule has 1 aromatic carbocycles. The van der Waals surface area contributed by atoms with Crippen molar-refractivity contribution in [2.24, 2.45) is 5.92 Å². The van der Waals surface area contributed by atoms with E-state index in [2.05, 4.69) is 39.7 Å². The summed E-state index contributed by atoms with van der Waals surface area (Å²) in [5.74, 6) is 0.136. The summed E-state index contributed by atoms with van der Waals surface area (Å²) < 4.78 is 15.8. The van der Waals surface area contributed by atoms with Gasteiger partial charge in [-0.2, -0.15) is 5.10 Å². The van der Waals surface area contributed by atoms with Crippen LogP contribution in [0.2, 0.25) is 5.02 Å². The zero-order chi connectivity index (χ0) is 16.4. The average molecular weight is 337 g/mol. The number of rotatable bonds is 4. The Labute approximate surface area is 141 Å². The number of halogens is 2. The lowest BCUT2D eigenvalue weighted by atomic mass is 10.1. The van der Waals surface area contributed by atoms with Gasteiger partial charge in [-0.05, 0) is 37.9 Å². The van der Waals surface area contributed by atoms with E-state index in [0.29, 0.717) is 12.5 Å². The minimum absolute atomic E-state index is 0.174. The third-order valence-corrected chi connectivity index (χ3v) is 4.46. The Morgan fingerprint density at radius 3 is 2.87 bits per heavy atom. The molecule has 6 heteroatoms. The van der Waals surface area contributed by atoms with Crippen molar-refractivity contribution in [3.05, 3.63) is 52.6 Å². The first-order chi connectivity index (χ1) is 11.0. The highest BCUT2D eigenvalue weighted by Gasteiger charge is 2.23. The molecule has 0 saturated heterocycles. The summed E-state index contributed by atoms with van der Waals surface area (Å²) in [5.41, 5.74) is 2.16.